The van der Waals surface area contributed by atoms with Gasteiger partial charge in [0.25, 0.3) is 5.69 Å². The van der Waals surface area contributed by atoms with Crippen LogP contribution in [0, 0.1) is 16.0 Å². The molecule has 0 radical (unpaired) electrons. The van der Waals surface area contributed by atoms with E-state index in [1.165, 1.54) is 12.1 Å². The van der Waals surface area contributed by atoms with E-state index in [0.29, 0.717) is 24.7 Å². The van der Waals surface area contributed by atoms with Gasteiger partial charge in [0.05, 0.1) is 17.1 Å². The maximum Gasteiger partial charge on any atom is 0.291 e. The third kappa shape index (κ3) is 3.46. The molecule has 1 saturated heterocycles. The first-order valence-electron chi connectivity index (χ1n) is 7.47. The molecule has 1 aromatic rings. The van der Waals surface area contributed by atoms with Gasteiger partial charge in [0.1, 0.15) is 0 Å². The Morgan fingerprint density at radius 3 is 2.61 bits per heavy atom. The molecule has 1 heterocycles. The van der Waals surface area contributed by atoms with E-state index >= 15 is 0 Å². The predicted octanol–water partition coefficient (Wildman–Crippen LogP) is 1.25. The number of nitro benzene ring substituents is 1. The van der Waals surface area contributed by atoms with E-state index in [9.17, 15) is 18.5 Å². The van der Waals surface area contributed by atoms with Crippen molar-refractivity contribution in [3.05, 3.63) is 28.3 Å². The first-order valence-corrected chi connectivity index (χ1v) is 9.02. The zero-order valence-electron chi connectivity index (χ0n) is 12.7. The van der Waals surface area contributed by atoms with Crippen molar-refractivity contribution >= 4 is 21.4 Å². The average molecular weight is 341 g/mol. The van der Waals surface area contributed by atoms with Crippen LogP contribution in [0.15, 0.2) is 23.1 Å². The molecule has 0 aromatic heterocycles. The van der Waals surface area contributed by atoms with Crippen LogP contribution < -0.4 is 10.0 Å². The fraction of sp³-hybridized carbons (Fsp3) is 0.571. The first kappa shape index (κ1) is 16.2. The molecule has 23 heavy (non-hydrogen) atoms. The number of hydrogen-bond donors (Lipinski definition) is 1. The van der Waals surface area contributed by atoms with Crippen molar-refractivity contribution in [3.8, 4) is 0 Å². The SMILES string of the molecule is C[C@H]1CN(c2ccc(S(N)(=O)=O)c([N+](=O)[O-])c2)C[C@@H](C2CC2)O1. The highest BCUT2D eigenvalue weighted by Gasteiger charge is 2.37. The molecule has 1 saturated carbocycles. The van der Waals surface area contributed by atoms with Crippen molar-refractivity contribution in [1.29, 1.82) is 0 Å². The third-order valence-electron chi connectivity index (χ3n) is 4.24. The van der Waals surface area contributed by atoms with Crippen LogP contribution in [0.4, 0.5) is 11.4 Å². The van der Waals surface area contributed by atoms with Crippen molar-refractivity contribution < 1.29 is 18.1 Å². The van der Waals surface area contributed by atoms with Gasteiger partial charge in [-0.15, -0.1) is 0 Å². The van der Waals surface area contributed by atoms with Crippen LogP contribution in [0.5, 0.6) is 0 Å². The minimum atomic E-state index is -4.14. The van der Waals surface area contributed by atoms with Crippen LogP contribution in [-0.4, -0.2) is 38.6 Å². The lowest BCUT2D eigenvalue weighted by Crippen LogP contribution is -2.47. The van der Waals surface area contributed by atoms with Crippen molar-refractivity contribution in [2.24, 2.45) is 11.1 Å². The molecule has 8 nitrogen and oxygen atoms in total. The smallest absolute Gasteiger partial charge is 0.291 e. The van der Waals surface area contributed by atoms with Gasteiger partial charge in [-0.25, -0.2) is 13.6 Å². The van der Waals surface area contributed by atoms with Gasteiger partial charge in [0.2, 0.25) is 10.0 Å². The molecule has 2 N–H and O–H groups in total. The molecular weight excluding hydrogens is 322 g/mol. The van der Waals surface area contributed by atoms with E-state index in [4.69, 9.17) is 9.88 Å². The molecule has 1 aliphatic heterocycles. The Morgan fingerprint density at radius 1 is 1.35 bits per heavy atom. The second kappa shape index (κ2) is 5.73. The molecular formula is C14H19N3O5S. The number of nitro groups is 1. The summed E-state index contributed by atoms with van der Waals surface area (Å²) in [5.74, 6) is 0.555. The largest absolute Gasteiger partial charge is 0.371 e. The van der Waals surface area contributed by atoms with Gasteiger partial charge in [-0.2, -0.15) is 0 Å². The van der Waals surface area contributed by atoms with E-state index in [1.807, 2.05) is 11.8 Å². The van der Waals surface area contributed by atoms with E-state index < -0.39 is 25.5 Å². The summed E-state index contributed by atoms with van der Waals surface area (Å²) in [7, 11) is -4.14. The number of ether oxygens (including phenoxy) is 1. The van der Waals surface area contributed by atoms with Crippen molar-refractivity contribution in [2.45, 2.75) is 36.9 Å². The standard InChI is InChI=1S/C14H19N3O5S/c1-9-7-16(8-13(22-9)10-2-3-10)11-4-5-14(23(15,20)21)12(6-11)17(18)19/h4-6,9-10,13H,2-3,7-8H2,1H3,(H2,15,20,21)/t9-,13-/m0/s1. The van der Waals surface area contributed by atoms with Gasteiger partial charge in [-0.3, -0.25) is 10.1 Å². The van der Waals surface area contributed by atoms with Gasteiger partial charge < -0.3 is 9.64 Å². The highest BCUT2D eigenvalue weighted by atomic mass is 32.2. The minimum Gasteiger partial charge on any atom is -0.371 e. The molecule has 3 rings (SSSR count). The maximum absolute atomic E-state index is 11.5. The van der Waals surface area contributed by atoms with E-state index in [-0.39, 0.29) is 12.2 Å². The van der Waals surface area contributed by atoms with Crippen molar-refractivity contribution in [2.75, 3.05) is 18.0 Å². The lowest BCUT2D eigenvalue weighted by atomic mass is 10.1. The van der Waals surface area contributed by atoms with Crippen molar-refractivity contribution in [3.63, 3.8) is 0 Å². The minimum absolute atomic E-state index is 0.0197. The molecule has 0 spiro atoms. The summed E-state index contributed by atoms with van der Waals surface area (Å²) in [6, 6.07) is 4.05. The Labute approximate surface area is 134 Å². The monoisotopic (exact) mass is 341 g/mol. The van der Waals surface area contributed by atoms with Gasteiger partial charge in [-0.05, 0) is 37.8 Å². The van der Waals surface area contributed by atoms with Gasteiger partial charge >= 0.3 is 0 Å². The zero-order valence-corrected chi connectivity index (χ0v) is 13.5. The molecule has 126 valence electrons. The van der Waals surface area contributed by atoms with Gasteiger partial charge in [0, 0.05) is 24.8 Å². The zero-order chi connectivity index (χ0) is 16.8. The number of sulfonamides is 1. The number of primary sulfonamides is 1. The van der Waals surface area contributed by atoms with Crippen LogP contribution in [0.3, 0.4) is 0 Å². The fourth-order valence-corrected chi connectivity index (χ4v) is 3.69. The van der Waals surface area contributed by atoms with E-state index in [2.05, 4.69) is 0 Å². The van der Waals surface area contributed by atoms with Crippen LogP contribution >= 0.6 is 0 Å². The summed E-state index contributed by atoms with van der Waals surface area (Å²) >= 11 is 0. The highest BCUT2D eigenvalue weighted by Crippen LogP contribution is 2.38. The lowest BCUT2D eigenvalue weighted by Gasteiger charge is -2.38. The fourth-order valence-electron chi connectivity index (χ4n) is 3.01. The number of nitrogens with zero attached hydrogens (tertiary/aromatic N) is 2. The highest BCUT2D eigenvalue weighted by molar-refractivity contribution is 7.89. The maximum atomic E-state index is 11.5. The van der Waals surface area contributed by atoms with Gasteiger partial charge in [-0.1, -0.05) is 0 Å². The van der Waals surface area contributed by atoms with Gasteiger partial charge in [0.15, 0.2) is 4.90 Å². The van der Waals surface area contributed by atoms with Crippen LogP contribution in [0.1, 0.15) is 19.8 Å². The normalized spacial score (nSPS) is 25.4. The molecule has 2 fully saturated rings. The van der Waals surface area contributed by atoms with Crippen LogP contribution in [0.2, 0.25) is 0 Å². The first-order chi connectivity index (χ1) is 10.8. The number of morpholine rings is 1. The number of anilines is 1. The number of hydrogen-bond acceptors (Lipinski definition) is 6. The number of nitrogens with two attached hydrogens (primary N) is 1. The van der Waals surface area contributed by atoms with Crippen molar-refractivity contribution in [1.82, 2.24) is 0 Å². The quantitative estimate of drug-likeness (QED) is 0.651. The van der Waals surface area contributed by atoms with Crippen LogP contribution in [0.25, 0.3) is 0 Å². The molecule has 0 bridgehead atoms. The number of rotatable bonds is 4. The molecule has 2 atom stereocenters. The predicted molar refractivity (Wildman–Crippen MR) is 83.7 cm³/mol. The number of benzene rings is 1. The summed E-state index contributed by atoms with van der Waals surface area (Å²) in [6.07, 6.45) is 2.44. The Bertz CT molecular complexity index is 732. The molecule has 1 aliphatic carbocycles. The van der Waals surface area contributed by atoms with E-state index in [1.54, 1.807) is 6.07 Å². The summed E-state index contributed by atoms with van der Waals surface area (Å²) in [4.78, 5) is 12.0. The summed E-state index contributed by atoms with van der Waals surface area (Å²) < 4.78 is 28.9. The summed E-state index contributed by atoms with van der Waals surface area (Å²) in [6.45, 7) is 3.23. The molecule has 2 aliphatic rings. The summed E-state index contributed by atoms with van der Waals surface area (Å²) in [5, 5.41) is 16.2. The molecule has 1 aromatic carbocycles. The Balaban J connectivity index is 1.93. The van der Waals surface area contributed by atoms with E-state index in [0.717, 1.165) is 12.8 Å². The molecule has 0 amide bonds. The topological polar surface area (TPSA) is 116 Å². The second-order valence-corrected chi connectivity index (χ2v) is 7.71. The third-order valence-corrected chi connectivity index (χ3v) is 5.20. The molecule has 0 unspecified atom stereocenters. The Hall–Kier alpha value is -1.71. The van der Waals surface area contributed by atoms with Crippen LogP contribution in [-0.2, 0) is 14.8 Å². The Kier molecular flexibility index (Phi) is 4.03. The lowest BCUT2D eigenvalue weighted by molar-refractivity contribution is -0.387. The summed E-state index contributed by atoms with van der Waals surface area (Å²) in [5.41, 5.74) is 0.122. The Morgan fingerprint density at radius 2 is 2.04 bits per heavy atom. The molecule has 9 heteroatoms. The average Bonchev–Trinajstić information content (AvgIpc) is 3.29. The second-order valence-electron chi connectivity index (χ2n) is 6.18.